The van der Waals surface area contributed by atoms with E-state index in [0.29, 0.717) is 19.1 Å². The number of thiophene rings is 1. The topological polar surface area (TPSA) is 35.6 Å². The fourth-order valence-electron chi connectivity index (χ4n) is 2.62. The Morgan fingerprint density at radius 3 is 3.05 bits per heavy atom. The number of hydrogen-bond acceptors (Lipinski definition) is 4. The van der Waals surface area contributed by atoms with Gasteiger partial charge in [-0.25, -0.2) is 0 Å². The van der Waals surface area contributed by atoms with Gasteiger partial charge in [0.2, 0.25) is 5.91 Å². The molecule has 0 aliphatic carbocycles. The Morgan fingerprint density at radius 2 is 2.40 bits per heavy atom. The summed E-state index contributed by atoms with van der Waals surface area (Å²) in [6.45, 7) is 3.14. The van der Waals surface area contributed by atoms with Crippen LogP contribution in [-0.2, 0) is 11.3 Å². The molecule has 0 bridgehead atoms. The molecule has 0 aromatic carbocycles. The molecule has 1 aromatic rings. The molecule has 112 valence electrons. The third kappa shape index (κ3) is 4.19. The molecule has 0 saturated carbocycles. The van der Waals surface area contributed by atoms with Crippen molar-refractivity contribution in [1.82, 2.24) is 15.1 Å². The van der Waals surface area contributed by atoms with Gasteiger partial charge >= 0.3 is 0 Å². The van der Waals surface area contributed by atoms with E-state index in [9.17, 15) is 4.79 Å². The summed E-state index contributed by atoms with van der Waals surface area (Å²) < 4.78 is 0.773. The highest BCUT2D eigenvalue weighted by atomic mass is 35.5. The highest BCUT2D eigenvalue weighted by Gasteiger charge is 2.26. The van der Waals surface area contributed by atoms with Crippen molar-refractivity contribution in [3.8, 4) is 0 Å². The van der Waals surface area contributed by atoms with Crippen LogP contribution in [0.1, 0.15) is 17.7 Å². The monoisotopic (exact) mass is 315 g/mol. The van der Waals surface area contributed by atoms with E-state index in [0.717, 1.165) is 22.3 Å². The molecule has 6 heteroatoms. The fourth-order valence-corrected chi connectivity index (χ4v) is 3.76. The van der Waals surface area contributed by atoms with Crippen LogP contribution >= 0.6 is 22.9 Å². The molecule has 1 aromatic heterocycles. The van der Waals surface area contributed by atoms with Gasteiger partial charge in [-0.1, -0.05) is 11.6 Å². The Bertz CT molecular complexity index is 451. The molecule has 0 radical (unpaired) electrons. The molecule has 1 saturated heterocycles. The van der Waals surface area contributed by atoms with Gasteiger partial charge in [0.15, 0.2) is 0 Å². The van der Waals surface area contributed by atoms with Gasteiger partial charge in [0.05, 0.1) is 17.4 Å². The average Bonchev–Trinajstić information content (AvgIpc) is 3.00. The van der Waals surface area contributed by atoms with E-state index in [-0.39, 0.29) is 5.91 Å². The zero-order chi connectivity index (χ0) is 14.5. The van der Waals surface area contributed by atoms with Gasteiger partial charge in [-0.15, -0.1) is 11.3 Å². The largest absolute Gasteiger partial charge is 0.340 e. The van der Waals surface area contributed by atoms with Crippen molar-refractivity contribution in [2.24, 2.45) is 0 Å². The van der Waals surface area contributed by atoms with E-state index < -0.39 is 0 Å². The summed E-state index contributed by atoms with van der Waals surface area (Å²) in [5.41, 5.74) is 0. The number of halogens is 1. The quantitative estimate of drug-likeness (QED) is 0.872. The summed E-state index contributed by atoms with van der Waals surface area (Å²) in [6.07, 6.45) is 2.36. The Hall–Kier alpha value is -0.620. The van der Waals surface area contributed by atoms with E-state index in [1.54, 1.807) is 4.90 Å². The Morgan fingerprint density at radius 1 is 1.60 bits per heavy atom. The number of nitrogens with zero attached hydrogens (tertiary/aromatic N) is 2. The average molecular weight is 316 g/mol. The van der Waals surface area contributed by atoms with Crippen LogP contribution in [0.2, 0.25) is 4.34 Å². The Kier molecular flexibility index (Phi) is 5.84. The molecule has 2 heterocycles. The van der Waals surface area contributed by atoms with E-state index in [2.05, 4.69) is 10.2 Å². The van der Waals surface area contributed by atoms with Crippen molar-refractivity contribution < 1.29 is 4.79 Å². The van der Waals surface area contributed by atoms with Crippen LogP contribution in [0.25, 0.3) is 0 Å². The second-order valence-corrected chi connectivity index (χ2v) is 7.08. The lowest BCUT2D eigenvalue weighted by molar-refractivity contribution is -0.131. The summed E-state index contributed by atoms with van der Waals surface area (Å²) in [6, 6.07) is 4.35. The molecule has 1 N–H and O–H groups in total. The Labute approximate surface area is 129 Å². The second-order valence-electron chi connectivity index (χ2n) is 5.28. The SMILES string of the molecule is CNCC1CCCN1CC(=O)N(C)Cc1ccc(Cl)s1. The number of carbonyl (C=O) groups excluding carboxylic acids is 1. The lowest BCUT2D eigenvalue weighted by Gasteiger charge is -2.26. The molecule has 4 nitrogen and oxygen atoms in total. The summed E-state index contributed by atoms with van der Waals surface area (Å²) in [7, 11) is 3.82. The third-order valence-corrected chi connectivity index (χ3v) is 4.94. The van der Waals surface area contributed by atoms with Crippen LogP contribution in [0, 0.1) is 0 Å². The van der Waals surface area contributed by atoms with Crippen molar-refractivity contribution in [3.63, 3.8) is 0 Å². The van der Waals surface area contributed by atoms with Gasteiger partial charge in [0.1, 0.15) is 0 Å². The number of rotatable bonds is 6. The normalized spacial score (nSPS) is 19.4. The van der Waals surface area contributed by atoms with Gasteiger partial charge in [0.25, 0.3) is 0 Å². The number of nitrogens with one attached hydrogen (secondary N) is 1. The lowest BCUT2D eigenvalue weighted by atomic mass is 10.2. The molecular formula is C14H22ClN3OS. The number of amides is 1. The van der Waals surface area contributed by atoms with Crippen molar-refractivity contribution in [1.29, 1.82) is 0 Å². The van der Waals surface area contributed by atoms with E-state index in [1.165, 1.54) is 24.2 Å². The van der Waals surface area contributed by atoms with Crippen LogP contribution in [0.15, 0.2) is 12.1 Å². The Balaban J connectivity index is 1.84. The van der Waals surface area contributed by atoms with Crippen molar-refractivity contribution >= 4 is 28.8 Å². The summed E-state index contributed by atoms with van der Waals surface area (Å²) in [4.78, 5) is 17.5. The highest BCUT2D eigenvalue weighted by molar-refractivity contribution is 7.16. The molecule has 1 fully saturated rings. The first-order valence-corrected chi connectivity index (χ1v) is 8.16. The van der Waals surface area contributed by atoms with Gasteiger partial charge in [0, 0.05) is 24.5 Å². The zero-order valence-corrected chi connectivity index (χ0v) is 13.6. The molecule has 1 aliphatic rings. The van der Waals surface area contributed by atoms with Gasteiger partial charge in [-0.2, -0.15) is 0 Å². The molecule has 1 aliphatic heterocycles. The van der Waals surface area contributed by atoms with Crippen LogP contribution in [0.4, 0.5) is 0 Å². The molecular weight excluding hydrogens is 294 g/mol. The number of likely N-dealkylation sites (N-methyl/N-ethyl adjacent to an activating group) is 2. The maximum atomic E-state index is 12.3. The second kappa shape index (κ2) is 7.41. The minimum Gasteiger partial charge on any atom is -0.340 e. The first kappa shape index (κ1) is 15.8. The third-order valence-electron chi connectivity index (χ3n) is 3.72. The van der Waals surface area contributed by atoms with Crippen LogP contribution in [-0.4, -0.2) is 55.5 Å². The van der Waals surface area contributed by atoms with Gasteiger partial charge in [-0.05, 0) is 38.6 Å². The summed E-state index contributed by atoms with van der Waals surface area (Å²) in [5, 5.41) is 3.21. The first-order valence-electron chi connectivity index (χ1n) is 6.97. The molecule has 20 heavy (non-hydrogen) atoms. The zero-order valence-electron chi connectivity index (χ0n) is 12.1. The minimum absolute atomic E-state index is 0.178. The number of likely N-dealkylation sites (tertiary alicyclic amines) is 1. The molecule has 2 rings (SSSR count). The highest BCUT2D eigenvalue weighted by Crippen LogP contribution is 2.22. The van der Waals surface area contributed by atoms with E-state index >= 15 is 0 Å². The minimum atomic E-state index is 0.178. The summed E-state index contributed by atoms with van der Waals surface area (Å²) in [5.74, 6) is 0.178. The smallest absolute Gasteiger partial charge is 0.236 e. The molecule has 0 spiro atoms. The van der Waals surface area contributed by atoms with Gasteiger partial charge in [-0.3, -0.25) is 9.69 Å². The first-order chi connectivity index (χ1) is 9.60. The van der Waals surface area contributed by atoms with Crippen molar-refractivity contribution in [3.05, 3.63) is 21.3 Å². The predicted octanol–water partition coefficient (Wildman–Crippen LogP) is 2.04. The predicted molar refractivity (Wildman–Crippen MR) is 84.3 cm³/mol. The lowest BCUT2D eigenvalue weighted by Crippen LogP contribution is -2.43. The molecule has 1 amide bonds. The van der Waals surface area contributed by atoms with E-state index in [4.69, 9.17) is 11.6 Å². The van der Waals surface area contributed by atoms with Crippen molar-refractivity contribution in [2.45, 2.75) is 25.4 Å². The number of carbonyl (C=O) groups is 1. The van der Waals surface area contributed by atoms with Crippen LogP contribution < -0.4 is 5.32 Å². The standard InChI is InChI=1S/C14H22ClN3OS/c1-16-8-11-4-3-7-18(11)10-14(19)17(2)9-12-5-6-13(15)20-12/h5-6,11,16H,3-4,7-10H2,1-2H3. The maximum Gasteiger partial charge on any atom is 0.236 e. The van der Waals surface area contributed by atoms with Gasteiger partial charge < -0.3 is 10.2 Å². The molecule has 1 atom stereocenters. The van der Waals surface area contributed by atoms with Crippen molar-refractivity contribution in [2.75, 3.05) is 33.7 Å². The fraction of sp³-hybridized carbons (Fsp3) is 0.643. The molecule has 1 unspecified atom stereocenters. The number of hydrogen-bond donors (Lipinski definition) is 1. The summed E-state index contributed by atoms with van der Waals surface area (Å²) >= 11 is 7.45. The van der Waals surface area contributed by atoms with Crippen LogP contribution in [0.5, 0.6) is 0 Å². The maximum absolute atomic E-state index is 12.3. The van der Waals surface area contributed by atoms with Crippen LogP contribution in [0.3, 0.4) is 0 Å². The van der Waals surface area contributed by atoms with E-state index in [1.807, 2.05) is 26.2 Å².